The van der Waals surface area contributed by atoms with E-state index in [0.717, 1.165) is 32.6 Å². The molecule has 0 aliphatic carbocycles. The molecule has 88 valence electrons. The number of amides is 1. The highest BCUT2D eigenvalue weighted by molar-refractivity contribution is 5.73. The maximum atomic E-state index is 11.1. The minimum atomic E-state index is 0.201. The lowest BCUT2D eigenvalue weighted by Crippen LogP contribution is -2.35. The van der Waals surface area contributed by atoms with Gasteiger partial charge in [0.25, 0.3) is 0 Å². The molecule has 0 spiro atoms. The second-order valence-electron chi connectivity index (χ2n) is 4.56. The van der Waals surface area contributed by atoms with Gasteiger partial charge in [0, 0.05) is 26.1 Å². The third kappa shape index (κ3) is 4.62. The number of nitrogens with one attached hydrogen (secondary N) is 1. The van der Waals surface area contributed by atoms with Crippen LogP contribution in [0, 0.1) is 0 Å². The average Bonchev–Trinajstić information content (AvgIpc) is 2.60. The van der Waals surface area contributed by atoms with Crippen LogP contribution in [0.3, 0.4) is 0 Å². The molecule has 1 rings (SSSR count). The van der Waals surface area contributed by atoms with Crippen molar-refractivity contribution in [3.05, 3.63) is 0 Å². The standard InChI is InChI=1S/C11H23N3O/c1-10(15)14-8-5-11(9-14)12-6-4-7-13(2)3/h11-12H,4-9H2,1-3H3. The Morgan fingerprint density at radius 2 is 2.27 bits per heavy atom. The van der Waals surface area contributed by atoms with Gasteiger partial charge in [0.2, 0.25) is 5.91 Å². The molecule has 1 amide bonds. The molecule has 1 atom stereocenters. The van der Waals surface area contributed by atoms with Crippen LogP contribution in [0.4, 0.5) is 0 Å². The van der Waals surface area contributed by atoms with Gasteiger partial charge in [-0.15, -0.1) is 0 Å². The highest BCUT2D eigenvalue weighted by Gasteiger charge is 2.22. The van der Waals surface area contributed by atoms with Crippen LogP contribution in [0.15, 0.2) is 0 Å². The zero-order chi connectivity index (χ0) is 11.3. The Balaban J connectivity index is 2.06. The summed E-state index contributed by atoms with van der Waals surface area (Å²) in [5.74, 6) is 0.201. The first kappa shape index (κ1) is 12.5. The predicted molar refractivity (Wildman–Crippen MR) is 61.8 cm³/mol. The van der Waals surface area contributed by atoms with Crippen molar-refractivity contribution in [2.24, 2.45) is 0 Å². The zero-order valence-corrected chi connectivity index (χ0v) is 10.1. The Hall–Kier alpha value is -0.610. The van der Waals surface area contributed by atoms with Crippen molar-refractivity contribution in [3.63, 3.8) is 0 Å². The summed E-state index contributed by atoms with van der Waals surface area (Å²) in [5, 5.41) is 3.50. The van der Waals surface area contributed by atoms with Crippen LogP contribution in [-0.4, -0.2) is 62.0 Å². The van der Waals surface area contributed by atoms with Crippen molar-refractivity contribution in [2.45, 2.75) is 25.8 Å². The van der Waals surface area contributed by atoms with Crippen molar-refractivity contribution in [3.8, 4) is 0 Å². The largest absolute Gasteiger partial charge is 0.341 e. The number of hydrogen-bond donors (Lipinski definition) is 1. The van der Waals surface area contributed by atoms with Gasteiger partial charge in [-0.1, -0.05) is 0 Å². The topological polar surface area (TPSA) is 35.6 Å². The molecule has 1 saturated heterocycles. The number of likely N-dealkylation sites (tertiary alicyclic amines) is 1. The summed E-state index contributed by atoms with van der Waals surface area (Å²) >= 11 is 0. The number of carbonyl (C=O) groups is 1. The van der Waals surface area contributed by atoms with Crippen molar-refractivity contribution < 1.29 is 4.79 Å². The van der Waals surface area contributed by atoms with Crippen molar-refractivity contribution >= 4 is 5.91 Å². The van der Waals surface area contributed by atoms with Crippen LogP contribution in [0.5, 0.6) is 0 Å². The summed E-state index contributed by atoms with van der Waals surface area (Å²) in [6.07, 6.45) is 2.27. The van der Waals surface area contributed by atoms with E-state index in [1.165, 1.54) is 6.42 Å². The summed E-state index contributed by atoms with van der Waals surface area (Å²) in [5.41, 5.74) is 0. The van der Waals surface area contributed by atoms with E-state index in [-0.39, 0.29) is 5.91 Å². The van der Waals surface area contributed by atoms with E-state index in [2.05, 4.69) is 24.3 Å². The first-order valence-corrected chi connectivity index (χ1v) is 5.73. The minimum Gasteiger partial charge on any atom is -0.341 e. The van der Waals surface area contributed by atoms with E-state index in [9.17, 15) is 4.79 Å². The first-order valence-electron chi connectivity index (χ1n) is 5.73. The zero-order valence-electron chi connectivity index (χ0n) is 10.1. The maximum Gasteiger partial charge on any atom is 0.219 e. The van der Waals surface area contributed by atoms with Gasteiger partial charge in [-0.2, -0.15) is 0 Å². The molecule has 1 aliphatic heterocycles. The molecule has 1 aliphatic rings. The van der Waals surface area contributed by atoms with E-state index >= 15 is 0 Å². The molecule has 1 unspecified atom stereocenters. The number of carbonyl (C=O) groups excluding carboxylic acids is 1. The van der Waals surface area contributed by atoms with Gasteiger partial charge in [-0.25, -0.2) is 0 Å². The van der Waals surface area contributed by atoms with Crippen LogP contribution in [0.1, 0.15) is 19.8 Å². The molecule has 0 aromatic heterocycles. The summed E-state index contributed by atoms with van der Waals surface area (Å²) in [6.45, 7) is 5.62. The predicted octanol–water partition coefficient (Wildman–Crippen LogP) is 0.149. The highest BCUT2D eigenvalue weighted by Crippen LogP contribution is 2.08. The van der Waals surface area contributed by atoms with Gasteiger partial charge < -0.3 is 15.1 Å². The Labute approximate surface area is 92.6 Å². The van der Waals surface area contributed by atoms with Gasteiger partial charge in [-0.3, -0.25) is 4.79 Å². The van der Waals surface area contributed by atoms with Crippen LogP contribution >= 0.6 is 0 Å². The number of hydrogen-bond acceptors (Lipinski definition) is 3. The molecule has 1 fully saturated rings. The molecule has 4 heteroatoms. The Morgan fingerprint density at radius 1 is 1.53 bits per heavy atom. The third-order valence-corrected chi connectivity index (χ3v) is 2.85. The highest BCUT2D eigenvalue weighted by atomic mass is 16.2. The van der Waals surface area contributed by atoms with E-state index in [4.69, 9.17) is 0 Å². The molecule has 15 heavy (non-hydrogen) atoms. The maximum absolute atomic E-state index is 11.1. The molecular weight excluding hydrogens is 190 g/mol. The normalized spacial score (nSPS) is 21.3. The molecule has 0 radical (unpaired) electrons. The van der Waals surface area contributed by atoms with Crippen LogP contribution in [-0.2, 0) is 4.79 Å². The van der Waals surface area contributed by atoms with Gasteiger partial charge in [0.05, 0.1) is 0 Å². The van der Waals surface area contributed by atoms with Crippen LogP contribution in [0.2, 0.25) is 0 Å². The van der Waals surface area contributed by atoms with Gasteiger partial charge >= 0.3 is 0 Å². The molecule has 0 aromatic rings. The lowest BCUT2D eigenvalue weighted by atomic mass is 10.2. The van der Waals surface area contributed by atoms with Crippen molar-refractivity contribution in [1.29, 1.82) is 0 Å². The van der Waals surface area contributed by atoms with Crippen molar-refractivity contribution in [2.75, 3.05) is 40.3 Å². The van der Waals surface area contributed by atoms with Crippen molar-refractivity contribution in [1.82, 2.24) is 15.1 Å². The molecule has 1 heterocycles. The Bertz CT molecular complexity index is 206. The summed E-state index contributed by atoms with van der Waals surface area (Å²) in [7, 11) is 4.18. The fraction of sp³-hybridized carbons (Fsp3) is 0.909. The second-order valence-corrected chi connectivity index (χ2v) is 4.56. The van der Waals surface area contributed by atoms with E-state index in [1.54, 1.807) is 6.92 Å². The Kier molecular flexibility index (Phi) is 5.05. The molecular formula is C11H23N3O. The smallest absolute Gasteiger partial charge is 0.219 e. The molecule has 0 bridgehead atoms. The lowest BCUT2D eigenvalue weighted by molar-refractivity contribution is -0.127. The lowest BCUT2D eigenvalue weighted by Gasteiger charge is -2.15. The first-order chi connectivity index (χ1) is 7.09. The molecule has 0 aromatic carbocycles. The quantitative estimate of drug-likeness (QED) is 0.660. The molecule has 1 N–H and O–H groups in total. The average molecular weight is 213 g/mol. The fourth-order valence-corrected chi connectivity index (χ4v) is 1.91. The monoisotopic (exact) mass is 213 g/mol. The number of rotatable bonds is 5. The summed E-state index contributed by atoms with van der Waals surface area (Å²) in [6, 6.07) is 0.510. The van der Waals surface area contributed by atoms with E-state index in [1.807, 2.05) is 4.90 Å². The summed E-state index contributed by atoms with van der Waals surface area (Å²) in [4.78, 5) is 15.2. The molecule has 4 nitrogen and oxygen atoms in total. The Morgan fingerprint density at radius 3 is 2.80 bits per heavy atom. The summed E-state index contributed by atoms with van der Waals surface area (Å²) < 4.78 is 0. The van der Waals surface area contributed by atoms with Crippen LogP contribution < -0.4 is 5.32 Å². The number of nitrogens with zero attached hydrogens (tertiary/aromatic N) is 2. The minimum absolute atomic E-state index is 0.201. The van der Waals surface area contributed by atoms with Gasteiger partial charge in [-0.05, 0) is 40.0 Å². The fourth-order valence-electron chi connectivity index (χ4n) is 1.91. The van der Waals surface area contributed by atoms with Gasteiger partial charge in [0.1, 0.15) is 0 Å². The third-order valence-electron chi connectivity index (χ3n) is 2.85. The van der Waals surface area contributed by atoms with Crippen LogP contribution in [0.25, 0.3) is 0 Å². The van der Waals surface area contributed by atoms with E-state index < -0.39 is 0 Å². The molecule has 0 saturated carbocycles. The van der Waals surface area contributed by atoms with E-state index in [0.29, 0.717) is 6.04 Å². The SMILES string of the molecule is CC(=O)N1CCC(NCCCN(C)C)C1. The second kappa shape index (κ2) is 6.08. The van der Waals surface area contributed by atoms with Gasteiger partial charge in [0.15, 0.2) is 0 Å².